The summed E-state index contributed by atoms with van der Waals surface area (Å²) < 4.78 is 5.52. The highest BCUT2D eigenvalue weighted by Crippen LogP contribution is 2.31. The molecule has 0 fully saturated rings. The molecule has 0 amide bonds. The number of non-ortho nitro benzene ring substituents is 1. The number of carbonyl (C=O) groups is 1. The van der Waals surface area contributed by atoms with Gasteiger partial charge in [-0.15, -0.1) is 11.8 Å². The van der Waals surface area contributed by atoms with Crippen LogP contribution in [0.3, 0.4) is 0 Å². The number of ether oxygens (including phenoxy) is 1. The monoisotopic (exact) mass is 443 g/mol. The topological polar surface area (TPSA) is 69.4 Å². The molecule has 2 aromatic carbocycles. The summed E-state index contributed by atoms with van der Waals surface area (Å²) in [5.41, 5.74) is 2.83. The van der Waals surface area contributed by atoms with Crippen LogP contribution < -0.4 is 4.74 Å². The summed E-state index contributed by atoms with van der Waals surface area (Å²) in [5, 5.41) is 10.8. The quantitative estimate of drug-likeness (QED) is 0.0815. The number of carbonyl (C=O) groups excluding carboxylic acids is 1. The standard InChI is InChI=1S/C23H29NO4SSi/c1-17(2)9-10-18-7-6-8-21(22(18)29-15-16-30(3,4)5)23(25)28-20-13-11-19(12-14-20)24(26)27/h6-9,11-14H,10,15-16H2,1-5H3. The second-order valence-electron chi connectivity index (χ2n) is 8.58. The molecular weight excluding hydrogens is 414 g/mol. The first-order valence-electron chi connectivity index (χ1n) is 9.91. The molecule has 5 nitrogen and oxygen atoms in total. The van der Waals surface area contributed by atoms with E-state index in [0.29, 0.717) is 11.3 Å². The predicted octanol–water partition coefficient (Wildman–Crippen LogP) is 6.75. The van der Waals surface area contributed by atoms with E-state index in [4.69, 9.17) is 4.74 Å². The van der Waals surface area contributed by atoms with Gasteiger partial charge in [-0.05, 0) is 55.8 Å². The molecule has 0 aromatic heterocycles. The van der Waals surface area contributed by atoms with Gasteiger partial charge < -0.3 is 4.74 Å². The lowest BCUT2D eigenvalue weighted by atomic mass is 10.1. The van der Waals surface area contributed by atoms with E-state index < -0.39 is 19.0 Å². The van der Waals surface area contributed by atoms with E-state index in [1.54, 1.807) is 17.8 Å². The Morgan fingerprint density at radius 2 is 1.80 bits per heavy atom. The summed E-state index contributed by atoms with van der Waals surface area (Å²) in [6.07, 6.45) is 2.92. The van der Waals surface area contributed by atoms with Crippen molar-refractivity contribution in [3.8, 4) is 5.75 Å². The molecule has 7 heteroatoms. The maximum atomic E-state index is 12.9. The summed E-state index contributed by atoms with van der Waals surface area (Å²) in [5.74, 6) is 0.802. The Bertz CT molecular complexity index is 929. The van der Waals surface area contributed by atoms with Crippen molar-refractivity contribution in [2.24, 2.45) is 0 Å². The zero-order valence-corrected chi connectivity index (χ0v) is 20.0. The molecule has 0 radical (unpaired) electrons. The molecule has 0 aliphatic rings. The average molecular weight is 444 g/mol. The third kappa shape index (κ3) is 7.46. The average Bonchev–Trinajstić information content (AvgIpc) is 2.66. The van der Waals surface area contributed by atoms with Crippen molar-refractivity contribution < 1.29 is 14.5 Å². The van der Waals surface area contributed by atoms with Gasteiger partial charge in [0.15, 0.2) is 0 Å². The van der Waals surface area contributed by atoms with Crippen LogP contribution in [0.4, 0.5) is 5.69 Å². The van der Waals surface area contributed by atoms with Crippen LogP contribution in [0.2, 0.25) is 25.7 Å². The number of hydrogen-bond donors (Lipinski definition) is 0. The number of nitro groups is 1. The number of nitrogens with zero attached hydrogens (tertiary/aromatic N) is 1. The lowest BCUT2D eigenvalue weighted by Gasteiger charge is -2.17. The van der Waals surface area contributed by atoms with Crippen molar-refractivity contribution in [3.05, 3.63) is 75.4 Å². The zero-order chi connectivity index (χ0) is 22.3. The maximum absolute atomic E-state index is 12.9. The highest BCUT2D eigenvalue weighted by Gasteiger charge is 2.19. The van der Waals surface area contributed by atoms with Crippen molar-refractivity contribution in [2.45, 2.75) is 50.8 Å². The highest BCUT2D eigenvalue weighted by molar-refractivity contribution is 7.99. The Hall–Kier alpha value is -2.38. The number of nitro benzene ring substituents is 1. The molecule has 0 atom stereocenters. The molecule has 2 aromatic rings. The number of rotatable bonds is 9. The van der Waals surface area contributed by atoms with Gasteiger partial charge in [-0.2, -0.15) is 0 Å². The second-order valence-corrected chi connectivity index (χ2v) is 15.3. The van der Waals surface area contributed by atoms with Gasteiger partial charge in [-0.1, -0.05) is 43.4 Å². The lowest BCUT2D eigenvalue weighted by molar-refractivity contribution is -0.384. The van der Waals surface area contributed by atoms with E-state index in [1.807, 2.05) is 6.07 Å². The minimum atomic E-state index is -1.19. The van der Waals surface area contributed by atoms with E-state index in [2.05, 4.69) is 45.6 Å². The molecule has 2 rings (SSSR count). The molecule has 0 saturated carbocycles. The molecule has 160 valence electrons. The lowest BCUT2D eigenvalue weighted by Crippen LogP contribution is -2.20. The van der Waals surface area contributed by atoms with Gasteiger partial charge in [0.25, 0.3) is 5.69 Å². The molecular formula is C23H29NO4SSi. The Balaban J connectivity index is 2.29. The van der Waals surface area contributed by atoms with Crippen LogP contribution in [0.15, 0.2) is 59.0 Å². The summed E-state index contributed by atoms with van der Waals surface area (Å²) in [4.78, 5) is 24.2. The molecule has 0 aliphatic carbocycles. The third-order valence-electron chi connectivity index (χ3n) is 4.40. The minimum Gasteiger partial charge on any atom is -0.423 e. The fraction of sp³-hybridized carbons (Fsp3) is 0.348. The second kappa shape index (κ2) is 10.6. The first-order valence-corrected chi connectivity index (χ1v) is 14.6. The van der Waals surface area contributed by atoms with Gasteiger partial charge in [0, 0.05) is 25.1 Å². The molecule has 0 N–H and O–H groups in total. The fourth-order valence-electron chi connectivity index (χ4n) is 2.65. The predicted molar refractivity (Wildman–Crippen MR) is 127 cm³/mol. The number of thioether (sulfide) groups is 1. The Kier molecular flexibility index (Phi) is 8.43. The van der Waals surface area contributed by atoms with E-state index in [-0.39, 0.29) is 5.69 Å². The normalized spacial score (nSPS) is 11.1. The molecule has 0 saturated heterocycles. The molecule has 0 aliphatic heterocycles. The summed E-state index contributed by atoms with van der Waals surface area (Å²) in [7, 11) is -1.19. The Labute approximate surface area is 183 Å². The number of benzene rings is 2. The first-order chi connectivity index (χ1) is 14.1. The molecule has 0 bridgehead atoms. The molecule has 0 spiro atoms. The van der Waals surface area contributed by atoms with E-state index in [1.165, 1.54) is 29.8 Å². The molecule has 0 heterocycles. The largest absolute Gasteiger partial charge is 0.423 e. The van der Waals surface area contributed by atoms with Gasteiger partial charge in [0.05, 0.1) is 10.5 Å². The van der Waals surface area contributed by atoms with E-state index in [9.17, 15) is 14.9 Å². The number of esters is 1. The summed E-state index contributed by atoms with van der Waals surface area (Å²) in [6, 6.07) is 12.4. The fourth-order valence-corrected chi connectivity index (χ4v) is 6.35. The zero-order valence-electron chi connectivity index (χ0n) is 18.2. The molecule has 30 heavy (non-hydrogen) atoms. The van der Waals surface area contributed by atoms with Crippen LogP contribution in [-0.2, 0) is 6.42 Å². The van der Waals surface area contributed by atoms with Crippen LogP contribution in [0, 0.1) is 10.1 Å². The first kappa shape index (κ1) is 23.9. The summed E-state index contributed by atoms with van der Waals surface area (Å²) >= 11 is 1.71. The Morgan fingerprint density at radius 1 is 1.13 bits per heavy atom. The maximum Gasteiger partial charge on any atom is 0.344 e. The van der Waals surface area contributed by atoms with Crippen LogP contribution >= 0.6 is 11.8 Å². The smallest absolute Gasteiger partial charge is 0.344 e. The van der Waals surface area contributed by atoms with Crippen molar-refractivity contribution in [2.75, 3.05) is 5.75 Å². The van der Waals surface area contributed by atoms with E-state index >= 15 is 0 Å². The Morgan fingerprint density at radius 3 is 2.37 bits per heavy atom. The number of hydrogen-bond acceptors (Lipinski definition) is 5. The van der Waals surface area contributed by atoms with Gasteiger partial charge in [0.2, 0.25) is 0 Å². The van der Waals surface area contributed by atoms with Gasteiger partial charge in [-0.3, -0.25) is 10.1 Å². The van der Waals surface area contributed by atoms with Crippen molar-refractivity contribution in [1.29, 1.82) is 0 Å². The van der Waals surface area contributed by atoms with Gasteiger partial charge in [-0.25, -0.2) is 4.79 Å². The minimum absolute atomic E-state index is 0.0406. The highest BCUT2D eigenvalue weighted by atomic mass is 32.2. The third-order valence-corrected chi connectivity index (χ3v) is 7.69. The van der Waals surface area contributed by atoms with Crippen molar-refractivity contribution in [3.63, 3.8) is 0 Å². The van der Waals surface area contributed by atoms with Gasteiger partial charge >= 0.3 is 5.97 Å². The van der Waals surface area contributed by atoms with Crippen LogP contribution in [0.5, 0.6) is 5.75 Å². The van der Waals surface area contributed by atoms with Crippen molar-refractivity contribution in [1.82, 2.24) is 0 Å². The van der Waals surface area contributed by atoms with Crippen LogP contribution in [0.25, 0.3) is 0 Å². The molecule has 0 unspecified atom stereocenters. The SMILES string of the molecule is CC(C)=CCc1cccc(C(=O)Oc2ccc([N+](=O)[O-])cc2)c1SCC[Si](C)(C)C. The van der Waals surface area contributed by atoms with Gasteiger partial charge in [0.1, 0.15) is 5.75 Å². The van der Waals surface area contributed by atoms with Crippen LogP contribution in [-0.4, -0.2) is 24.7 Å². The van der Waals surface area contributed by atoms with E-state index in [0.717, 1.165) is 28.7 Å². The van der Waals surface area contributed by atoms with Crippen LogP contribution in [0.1, 0.15) is 29.8 Å². The van der Waals surface area contributed by atoms with Crippen molar-refractivity contribution >= 4 is 31.5 Å². The summed E-state index contributed by atoms with van der Waals surface area (Å²) in [6.45, 7) is 11.1. The number of allylic oxidation sites excluding steroid dienone is 2.